The molecule has 3 heterocycles. The van der Waals surface area contributed by atoms with Crippen LogP contribution in [0.3, 0.4) is 0 Å². The van der Waals surface area contributed by atoms with E-state index in [1.807, 2.05) is 45.5 Å². The number of methoxy groups -OCH3 is 2. The summed E-state index contributed by atoms with van der Waals surface area (Å²) in [6.07, 6.45) is 6.01. The third-order valence-corrected chi connectivity index (χ3v) is 4.74. The van der Waals surface area contributed by atoms with Gasteiger partial charge < -0.3 is 18.9 Å². The summed E-state index contributed by atoms with van der Waals surface area (Å²) in [5.41, 5.74) is 1.86. The molecule has 3 aliphatic heterocycles. The van der Waals surface area contributed by atoms with Crippen molar-refractivity contribution in [1.82, 2.24) is 0 Å². The summed E-state index contributed by atoms with van der Waals surface area (Å²) in [6, 6.07) is 10.5. The molecule has 25 heavy (non-hydrogen) atoms. The summed E-state index contributed by atoms with van der Waals surface area (Å²) in [5, 5.41) is 0. The fourth-order valence-electron chi connectivity index (χ4n) is 3.56. The van der Waals surface area contributed by atoms with Crippen LogP contribution in [0, 0.1) is 0 Å². The highest BCUT2D eigenvalue weighted by Gasteiger charge is 2.72. The van der Waals surface area contributed by atoms with Crippen LogP contribution in [0.4, 0.5) is 11.4 Å². The Bertz CT molecular complexity index is 871. The van der Waals surface area contributed by atoms with Crippen molar-refractivity contribution >= 4 is 23.8 Å². The van der Waals surface area contributed by atoms with Gasteiger partial charge in [0.2, 0.25) is 11.5 Å². The lowest BCUT2D eigenvalue weighted by molar-refractivity contribution is -0.830. The zero-order valence-corrected chi connectivity index (χ0v) is 14.1. The molecule has 0 aromatic heterocycles. The second kappa shape index (κ2) is 4.99. The van der Waals surface area contributed by atoms with Crippen molar-refractivity contribution in [3.63, 3.8) is 0 Å². The molecular formula is C19H18N2O4+2. The fraction of sp³-hybridized carbons (Fsp3) is 0.263. The zero-order valence-electron chi connectivity index (χ0n) is 14.1. The molecule has 6 nitrogen and oxygen atoms in total. The van der Waals surface area contributed by atoms with E-state index in [1.165, 1.54) is 0 Å². The molecule has 0 aliphatic carbocycles. The largest absolute Gasteiger partial charge is 0.714 e. The van der Waals surface area contributed by atoms with E-state index in [2.05, 4.69) is 12.4 Å². The lowest BCUT2D eigenvalue weighted by Crippen LogP contribution is -2.52. The second-order valence-corrected chi connectivity index (χ2v) is 6.10. The standard InChI is InChI=1S/C19H18N2O4/c1-22-13-5-7-17-15(11-13)20-9-3-4-10-21-16-12-14(23-2)6-8-18(16)25-19(20,21)24-17/h5-12H,3-4H2,1-2H3/q+2. The molecule has 0 atom stereocenters. The van der Waals surface area contributed by atoms with E-state index < -0.39 is 6.03 Å². The molecular weight excluding hydrogens is 320 g/mol. The first-order valence-electron chi connectivity index (χ1n) is 8.24. The highest BCUT2D eigenvalue weighted by molar-refractivity contribution is 5.68. The third-order valence-electron chi connectivity index (χ3n) is 4.74. The Balaban J connectivity index is 1.70. The Kier molecular flexibility index (Phi) is 2.86. The minimum atomic E-state index is -1.07. The number of rotatable bonds is 2. The van der Waals surface area contributed by atoms with Gasteiger partial charge in [-0.25, -0.2) is 0 Å². The van der Waals surface area contributed by atoms with E-state index in [0.717, 1.165) is 47.2 Å². The summed E-state index contributed by atoms with van der Waals surface area (Å²) in [6.45, 7) is 0. The number of hydrogen-bond donors (Lipinski definition) is 0. The first kappa shape index (κ1) is 14.3. The molecule has 0 saturated heterocycles. The van der Waals surface area contributed by atoms with Crippen LogP contribution in [0.2, 0.25) is 0 Å². The van der Waals surface area contributed by atoms with Gasteiger partial charge in [-0.05, 0) is 24.3 Å². The predicted molar refractivity (Wildman–Crippen MR) is 91.2 cm³/mol. The van der Waals surface area contributed by atoms with Crippen LogP contribution in [-0.4, -0.2) is 41.8 Å². The average molecular weight is 338 g/mol. The molecule has 0 saturated carbocycles. The summed E-state index contributed by atoms with van der Waals surface area (Å²) < 4.78 is 27.5. The molecule has 126 valence electrons. The van der Waals surface area contributed by atoms with Crippen LogP contribution in [0.1, 0.15) is 12.8 Å². The van der Waals surface area contributed by atoms with Gasteiger partial charge in [0, 0.05) is 12.8 Å². The molecule has 2 aromatic rings. The van der Waals surface area contributed by atoms with E-state index in [4.69, 9.17) is 18.9 Å². The van der Waals surface area contributed by atoms with E-state index in [9.17, 15) is 0 Å². The van der Waals surface area contributed by atoms with E-state index >= 15 is 0 Å². The van der Waals surface area contributed by atoms with Crippen LogP contribution >= 0.6 is 0 Å². The molecule has 0 fully saturated rings. The second-order valence-electron chi connectivity index (χ2n) is 6.10. The maximum Gasteiger partial charge on any atom is 0.714 e. The molecule has 0 radical (unpaired) electrons. The molecule has 0 bridgehead atoms. The SMILES string of the molecule is COc1ccc2c(c1)[N+]1=CCCC=[N+]3c4cc(OC)ccc4OC13O2. The minimum absolute atomic E-state index is 0.761. The van der Waals surface area contributed by atoms with Crippen molar-refractivity contribution in [2.75, 3.05) is 14.2 Å². The van der Waals surface area contributed by atoms with Gasteiger partial charge in [-0.3, -0.25) is 0 Å². The summed E-state index contributed by atoms with van der Waals surface area (Å²) in [5.74, 6) is 3.09. The van der Waals surface area contributed by atoms with Gasteiger partial charge in [-0.15, -0.1) is 0 Å². The first-order chi connectivity index (χ1) is 12.2. The maximum atomic E-state index is 6.33. The number of benzene rings is 2. The lowest BCUT2D eigenvalue weighted by atomic mass is 10.2. The van der Waals surface area contributed by atoms with Gasteiger partial charge >= 0.3 is 6.03 Å². The van der Waals surface area contributed by atoms with Gasteiger partial charge in [-0.1, -0.05) is 9.15 Å². The summed E-state index contributed by atoms with van der Waals surface area (Å²) >= 11 is 0. The molecule has 0 unspecified atom stereocenters. The molecule has 6 heteroatoms. The fourth-order valence-corrected chi connectivity index (χ4v) is 3.56. The Morgan fingerprint density at radius 3 is 1.72 bits per heavy atom. The number of hydrogen-bond acceptors (Lipinski definition) is 4. The predicted octanol–water partition coefficient (Wildman–Crippen LogP) is 3.02. The third kappa shape index (κ3) is 1.85. The zero-order chi connectivity index (χ0) is 17.0. The van der Waals surface area contributed by atoms with E-state index in [-0.39, 0.29) is 0 Å². The number of nitrogens with zero attached hydrogens (tertiary/aromatic N) is 2. The Morgan fingerprint density at radius 1 is 0.800 bits per heavy atom. The minimum Gasteiger partial charge on any atom is -0.497 e. The average Bonchev–Trinajstić information content (AvgIpc) is 3.05. The molecule has 5 rings (SSSR count). The monoisotopic (exact) mass is 338 g/mol. The van der Waals surface area contributed by atoms with Gasteiger partial charge in [0.1, 0.15) is 11.5 Å². The molecule has 1 spiro atoms. The lowest BCUT2D eigenvalue weighted by Gasteiger charge is -2.10. The maximum absolute atomic E-state index is 6.33. The van der Waals surface area contributed by atoms with Gasteiger partial charge in [0.25, 0.3) is 11.4 Å². The quantitative estimate of drug-likeness (QED) is 0.790. The number of fused-ring (bicyclic) bond motifs is 4. The van der Waals surface area contributed by atoms with Crippen LogP contribution in [0.5, 0.6) is 23.0 Å². The molecule has 3 aliphatic rings. The Hall–Kier alpha value is -3.02. The Labute approximate surface area is 145 Å². The molecule has 0 amide bonds. The van der Waals surface area contributed by atoms with Crippen LogP contribution in [0.25, 0.3) is 0 Å². The normalized spacial score (nSPS) is 18.3. The number of ether oxygens (including phenoxy) is 4. The van der Waals surface area contributed by atoms with Gasteiger partial charge in [0.15, 0.2) is 12.4 Å². The highest BCUT2D eigenvalue weighted by Crippen LogP contribution is 2.51. The van der Waals surface area contributed by atoms with Crippen molar-refractivity contribution in [3.05, 3.63) is 36.4 Å². The topological polar surface area (TPSA) is 42.9 Å². The van der Waals surface area contributed by atoms with Gasteiger partial charge in [-0.2, -0.15) is 0 Å². The van der Waals surface area contributed by atoms with Gasteiger partial charge in [0.05, 0.1) is 26.4 Å². The van der Waals surface area contributed by atoms with Crippen molar-refractivity contribution < 1.29 is 28.1 Å². The van der Waals surface area contributed by atoms with Crippen LogP contribution in [0.15, 0.2) is 36.4 Å². The summed E-state index contributed by atoms with van der Waals surface area (Å²) in [4.78, 5) is 0. The molecule has 0 N–H and O–H groups in total. The van der Waals surface area contributed by atoms with Crippen molar-refractivity contribution in [2.45, 2.75) is 18.9 Å². The van der Waals surface area contributed by atoms with Crippen molar-refractivity contribution in [2.24, 2.45) is 0 Å². The Morgan fingerprint density at radius 2 is 1.28 bits per heavy atom. The smallest absolute Gasteiger partial charge is 0.497 e. The molecule has 2 aromatic carbocycles. The van der Waals surface area contributed by atoms with Crippen molar-refractivity contribution in [3.8, 4) is 23.0 Å². The highest BCUT2D eigenvalue weighted by atomic mass is 16.8. The van der Waals surface area contributed by atoms with Crippen molar-refractivity contribution in [1.29, 1.82) is 0 Å². The van der Waals surface area contributed by atoms with Crippen LogP contribution in [-0.2, 0) is 0 Å². The van der Waals surface area contributed by atoms with Crippen LogP contribution < -0.4 is 18.9 Å². The summed E-state index contributed by atoms with van der Waals surface area (Å²) in [7, 11) is 3.32. The van der Waals surface area contributed by atoms with E-state index in [1.54, 1.807) is 14.2 Å². The van der Waals surface area contributed by atoms with E-state index in [0.29, 0.717) is 0 Å². The first-order valence-corrected chi connectivity index (χ1v) is 8.24.